The average molecular weight is 262 g/mol. The van der Waals surface area contributed by atoms with Gasteiger partial charge in [-0.05, 0) is 11.1 Å². The second-order valence-corrected chi connectivity index (χ2v) is 5.43. The van der Waals surface area contributed by atoms with Gasteiger partial charge in [-0.15, -0.1) is 0 Å². The molecule has 0 radical (unpaired) electrons. The van der Waals surface area contributed by atoms with Crippen molar-refractivity contribution in [3.8, 4) is 6.07 Å². The number of nitrogens with zero attached hydrogens (tertiary/aromatic N) is 2. The molecule has 2 heteroatoms. The summed E-state index contributed by atoms with van der Waals surface area (Å²) >= 11 is 0. The van der Waals surface area contributed by atoms with Crippen LogP contribution < -0.4 is 0 Å². The molecule has 0 aliphatic carbocycles. The summed E-state index contributed by atoms with van der Waals surface area (Å²) < 4.78 is 0. The van der Waals surface area contributed by atoms with Crippen LogP contribution in [0.1, 0.15) is 17.0 Å². The second kappa shape index (κ2) is 5.90. The molecule has 100 valence electrons. The number of rotatable bonds is 3. The van der Waals surface area contributed by atoms with Crippen LogP contribution in [-0.4, -0.2) is 18.0 Å². The first-order valence-corrected chi connectivity index (χ1v) is 7.07. The molecule has 1 saturated heterocycles. The lowest BCUT2D eigenvalue weighted by Gasteiger charge is -2.16. The Kier molecular flexibility index (Phi) is 3.80. The third kappa shape index (κ3) is 2.74. The van der Waals surface area contributed by atoms with Crippen molar-refractivity contribution < 1.29 is 0 Å². The summed E-state index contributed by atoms with van der Waals surface area (Å²) in [6.07, 6.45) is 0. The zero-order chi connectivity index (χ0) is 13.8. The van der Waals surface area contributed by atoms with E-state index in [1.807, 2.05) is 12.1 Å². The van der Waals surface area contributed by atoms with Crippen molar-refractivity contribution in [3.63, 3.8) is 0 Å². The fraction of sp³-hybridized carbons (Fsp3) is 0.278. The summed E-state index contributed by atoms with van der Waals surface area (Å²) in [7, 11) is 0. The van der Waals surface area contributed by atoms with Crippen LogP contribution in [0.15, 0.2) is 60.7 Å². The van der Waals surface area contributed by atoms with E-state index in [1.165, 1.54) is 11.1 Å². The lowest BCUT2D eigenvalue weighted by Crippen LogP contribution is -2.20. The minimum atomic E-state index is 0.0983. The lowest BCUT2D eigenvalue weighted by molar-refractivity contribution is 0.322. The molecular formula is C18H18N2. The molecule has 1 heterocycles. The van der Waals surface area contributed by atoms with Crippen LogP contribution in [0.5, 0.6) is 0 Å². The Morgan fingerprint density at radius 1 is 0.950 bits per heavy atom. The van der Waals surface area contributed by atoms with E-state index in [1.54, 1.807) is 0 Å². The topological polar surface area (TPSA) is 27.0 Å². The third-order valence-electron chi connectivity index (χ3n) is 4.04. The van der Waals surface area contributed by atoms with Gasteiger partial charge in [0.15, 0.2) is 0 Å². The molecule has 2 aromatic carbocycles. The van der Waals surface area contributed by atoms with Gasteiger partial charge in [-0.25, -0.2) is 0 Å². The molecule has 3 rings (SSSR count). The molecule has 2 unspecified atom stereocenters. The molecule has 0 N–H and O–H groups in total. The first-order valence-electron chi connectivity index (χ1n) is 7.07. The van der Waals surface area contributed by atoms with Crippen molar-refractivity contribution in [1.29, 1.82) is 5.26 Å². The number of nitriles is 1. The van der Waals surface area contributed by atoms with Crippen LogP contribution in [0.2, 0.25) is 0 Å². The van der Waals surface area contributed by atoms with Gasteiger partial charge in [-0.2, -0.15) is 5.26 Å². The molecule has 2 aromatic rings. The summed E-state index contributed by atoms with van der Waals surface area (Å²) in [5, 5.41) is 9.40. The van der Waals surface area contributed by atoms with Crippen molar-refractivity contribution >= 4 is 0 Å². The third-order valence-corrected chi connectivity index (χ3v) is 4.04. The highest BCUT2D eigenvalue weighted by Crippen LogP contribution is 2.32. The highest BCUT2D eigenvalue weighted by atomic mass is 15.2. The Hall–Kier alpha value is -2.11. The zero-order valence-corrected chi connectivity index (χ0v) is 11.4. The maximum atomic E-state index is 9.40. The van der Waals surface area contributed by atoms with E-state index in [4.69, 9.17) is 0 Å². The van der Waals surface area contributed by atoms with E-state index < -0.39 is 0 Å². The number of hydrogen-bond donors (Lipinski definition) is 0. The van der Waals surface area contributed by atoms with E-state index in [9.17, 15) is 5.26 Å². The van der Waals surface area contributed by atoms with E-state index in [0.717, 1.165) is 19.6 Å². The largest absolute Gasteiger partial charge is 0.297 e. The van der Waals surface area contributed by atoms with Crippen LogP contribution in [0.3, 0.4) is 0 Å². The summed E-state index contributed by atoms with van der Waals surface area (Å²) in [5.74, 6) is 0.436. The van der Waals surface area contributed by atoms with Crippen molar-refractivity contribution in [2.24, 2.45) is 5.92 Å². The van der Waals surface area contributed by atoms with Gasteiger partial charge in [0.2, 0.25) is 0 Å². The maximum absolute atomic E-state index is 9.40. The molecule has 0 amide bonds. The molecule has 0 bridgehead atoms. The monoisotopic (exact) mass is 262 g/mol. The highest BCUT2D eigenvalue weighted by Gasteiger charge is 2.33. The van der Waals surface area contributed by atoms with Crippen LogP contribution in [0.25, 0.3) is 0 Å². The Morgan fingerprint density at radius 3 is 2.25 bits per heavy atom. The van der Waals surface area contributed by atoms with Gasteiger partial charge in [-0.3, -0.25) is 4.90 Å². The standard InChI is InChI=1S/C18H18N2/c19-11-17-13-20(12-15-7-3-1-4-8-15)14-18(17)16-9-5-2-6-10-16/h1-10,17-18H,12-14H2. The summed E-state index contributed by atoms with van der Waals surface area (Å²) in [6, 6.07) is 23.4. The first kappa shape index (κ1) is 12.9. The highest BCUT2D eigenvalue weighted by molar-refractivity contribution is 5.25. The first-order chi connectivity index (χ1) is 9.86. The van der Waals surface area contributed by atoms with Crippen LogP contribution >= 0.6 is 0 Å². The van der Waals surface area contributed by atoms with Gasteiger partial charge in [0.25, 0.3) is 0 Å². The van der Waals surface area contributed by atoms with Crippen LogP contribution in [-0.2, 0) is 6.54 Å². The maximum Gasteiger partial charge on any atom is 0.0676 e. The quantitative estimate of drug-likeness (QED) is 0.847. The Morgan fingerprint density at radius 2 is 1.60 bits per heavy atom. The molecule has 0 spiro atoms. The average Bonchev–Trinajstić information content (AvgIpc) is 2.92. The molecule has 0 saturated carbocycles. The molecule has 2 atom stereocenters. The van der Waals surface area contributed by atoms with Crippen molar-refractivity contribution in [2.75, 3.05) is 13.1 Å². The van der Waals surface area contributed by atoms with E-state index in [0.29, 0.717) is 5.92 Å². The molecular weight excluding hydrogens is 244 g/mol. The molecule has 1 fully saturated rings. The minimum absolute atomic E-state index is 0.0983. The summed E-state index contributed by atoms with van der Waals surface area (Å²) in [5.41, 5.74) is 2.60. The normalized spacial score (nSPS) is 22.6. The molecule has 0 aromatic heterocycles. The Balaban J connectivity index is 1.74. The van der Waals surface area contributed by atoms with Crippen molar-refractivity contribution in [1.82, 2.24) is 4.90 Å². The Labute approximate surface area is 120 Å². The van der Waals surface area contributed by atoms with E-state index in [2.05, 4.69) is 59.5 Å². The minimum Gasteiger partial charge on any atom is -0.297 e. The van der Waals surface area contributed by atoms with Crippen LogP contribution in [0.4, 0.5) is 0 Å². The number of hydrogen-bond acceptors (Lipinski definition) is 2. The molecule has 1 aliphatic rings. The van der Waals surface area contributed by atoms with Gasteiger partial charge < -0.3 is 0 Å². The second-order valence-electron chi connectivity index (χ2n) is 5.43. The summed E-state index contributed by atoms with van der Waals surface area (Å²) in [6.45, 7) is 2.77. The zero-order valence-electron chi connectivity index (χ0n) is 11.4. The SMILES string of the molecule is N#CC1CN(Cc2ccccc2)CC1c1ccccc1. The fourth-order valence-corrected chi connectivity index (χ4v) is 3.02. The van der Waals surface area contributed by atoms with E-state index in [-0.39, 0.29) is 5.92 Å². The summed E-state index contributed by atoms with van der Waals surface area (Å²) in [4.78, 5) is 2.39. The predicted molar refractivity (Wildman–Crippen MR) is 80.0 cm³/mol. The molecule has 2 nitrogen and oxygen atoms in total. The smallest absolute Gasteiger partial charge is 0.0676 e. The van der Waals surface area contributed by atoms with Gasteiger partial charge in [0.1, 0.15) is 0 Å². The predicted octanol–water partition coefficient (Wildman–Crippen LogP) is 3.43. The molecule has 1 aliphatic heterocycles. The van der Waals surface area contributed by atoms with Crippen molar-refractivity contribution in [2.45, 2.75) is 12.5 Å². The van der Waals surface area contributed by atoms with Gasteiger partial charge in [0.05, 0.1) is 12.0 Å². The fourth-order valence-electron chi connectivity index (χ4n) is 3.02. The number of likely N-dealkylation sites (tertiary alicyclic amines) is 1. The van der Waals surface area contributed by atoms with Gasteiger partial charge in [-0.1, -0.05) is 60.7 Å². The number of benzene rings is 2. The van der Waals surface area contributed by atoms with Crippen molar-refractivity contribution in [3.05, 3.63) is 71.8 Å². The van der Waals surface area contributed by atoms with Gasteiger partial charge in [0, 0.05) is 25.6 Å². The molecule has 20 heavy (non-hydrogen) atoms. The van der Waals surface area contributed by atoms with Gasteiger partial charge >= 0.3 is 0 Å². The van der Waals surface area contributed by atoms with E-state index >= 15 is 0 Å². The Bertz CT molecular complexity index is 586. The van der Waals surface area contributed by atoms with Crippen LogP contribution in [0, 0.1) is 17.2 Å². The lowest BCUT2D eigenvalue weighted by atomic mass is 9.90.